The van der Waals surface area contributed by atoms with Crippen LogP contribution in [-0.2, 0) is 31.5 Å². The quantitative estimate of drug-likeness (QED) is 0.146. The Morgan fingerprint density at radius 2 is 1.96 bits per heavy atom. The van der Waals surface area contributed by atoms with Gasteiger partial charge in [0.25, 0.3) is 0 Å². The van der Waals surface area contributed by atoms with Gasteiger partial charge >= 0.3 is 0 Å². The maximum Gasteiger partial charge on any atom is 0.166 e. The first-order valence-electron chi connectivity index (χ1n) is 14.6. The summed E-state index contributed by atoms with van der Waals surface area (Å²) in [6.45, 7) is 3.89. The third-order valence-electron chi connectivity index (χ3n) is 7.73. The number of methoxy groups -OCH3 is 1. The van der Waals surface area contributed by atoms with Crippen molar-refractivity contribution in [3.8, 4) is 11.5 Å². The Kier molecular flexibility index (Phi) is 10.3. The molecule has 9 nitrogen and oxygen atoms in total. The lowest BCUT2D eigenvalue weighted by Crippen LogP contribution is -2.41. The van der Waals surface area contributed by atoms with Gasteiger partial charge in [-0.2, -0.15) is 0 Å². The van der Waals surface area contributed by atoms with E-state index in [2.05, 4.69) is 31.2 Å². The average molecular weight is 701 g/mol. The van der Waals surface area contributed by atoms with Crippen molar-refractivity contribution in [2.24, 2.45) is 0 Å². The molecular weight excluding hydrogens is 665 g/mol. The molecule has 0 radical (unpaired) electrons. The largest absolute Gasteiger partial charge is 0.496 e. The topological polar surface area (TPSA) is 109 Å². The highest BCUT2D eigenvalue weighted by molar-refractivity contribution is 9.10. The van der Waals surface area contributed by atoms with Crippen molar-refractivity contribution in [1.82, 2.24) is 9.97 Å². The van der Waals surface area contributed by atoms with Crippen LogP contribution in [0.15, 0.2) is 77.7 Å². The predicted octanol–water partition coefficient (Wildman–Crippen LogP) is 7.22. The number of fused-ring (bicyclic) bond motifs is 1. The van der Waals surface area contributed by atoms with Gasteiger partial charge in [0.2, 0.25) is 0 Å². The van der Waals surface area contributed by atoms with Gasteiger partial charge in [0.15, 0.2) is 15.4 Å². The first-order chi connectivity index (χ1) is 21.7. The van der Waals surface area contributed by atoms with Gasteiger partial charge in [-0.1, -0.05) is 26.0 Å². The zero-order valence-corrected chi connectivity index (χ0v) is 27.7. The zero-order chi connectivity index (χ0) is 32.0. The molecule has 45 heavy (non-hydrogen) atoms. The Morgan fingerprint density at radius 1 is 1.11 bits per heavy atom. The van der Waals surface area contributed by atoms with Crippen molar-refractivity contribution in [3.63, 3.8) is 0 Å². The fourth-order valence-corrected chi connectivity index (χ4v) is 6.47. The second kappa shape index (κ2) is 14.1. The molecule has 0 saturated carbocycles. The summed E-state index contributed by atoms with van der Waals surface area (Å²) < 4.78 is 62.7. The van der Waals surface area contributed by atoms with Gasteiger partial charge in [-0.3, -0.25) is 0 Å². The van der Waals surface area contributed by atoms with E-state index < -0.39 is 21.5 Å². The second-order valence-corrected chi connectivity index (χ2v) is 13.9. The third kappa shape index (κ3) is 7.40. The van der Waals surface area contributed by atoms with Gasteiger partial charge in [0.05, 0.1) is 35.7 Å². The van der Waals surface area contributed by atoms with Crippen molar-refractivity contribution in [3.05, 3.63) is 94.7 Å². The van der Waals surface area contributed by atoms with E-state index in [1.54, 1.807) is 32.4 Å². The first kappa shape index (κ1) is 32.6. The van der Waals surface area contributed by atoms with Crippen LogP contribution in [0.3, 0.4) is 0 Å². The number of aromatic nitrogens is 2. The average Bonchev–Trinajstić information content (AvgIpc) is 3.53. The number of benzene rings is 3. The first-order valence-corrected chi connectivity index (χ1v) is 17.2. The molecule has 0 aliphatic carbocycles. The lowest BCUT2D eigenvalue weighted by atomic mass is 9.83. The number of halogens is 2. The highest BCUT2D eigenvalue weighted by Gasteiger charge is 2.46. The molecule has 4 aromatic rings. The van der Waals surface area contributed by atoms with E-state index in [0.29, 0.717) is 40.1 Å². The minimum atomic E-state index is -3.19. The smallest absolute Gasteiger partial charge is 0.166 e. The van der Waals surface area contributed by atoms with E-state index in [4.69, 9.17) is 18.9 Å². The second-order valence-electron chi connectivity index (χ2n) is 10.6. The number of sulfone groups is 1. The maximum atomic E-state index is 13.6. The third-order valence-corrected chi connectivity index (χ3v) is 10.0. The molecule has 3 aromatic carbocycles. The monoisotopic (exact) mass is 699 g/mol. The molecule has 2 heterocycles. The fourth-order valence-electron chi connectivity index (χ4n) is 5.34. The predicted molar refractivity (Wildman–Crippen MR) is 175 cm³/mol. The fraction of sp³-hybridized carbons (Fsp3) is 0.333. The highest BCUT2D eigenvalue weighted by atomic mass is 79.9. The molecular formula is C33H35BrFN3O6S. The van der Waals surface area contributed by atoms with Gasteiger partial charge in [-0.15, -0.1) is 0 Å². The summed E-state index contributed by atoms with van der Waals surface area (Å²) in [6.07, 6.45) is 5.68. The van der Waals surface area contributed by atoms with E-state index in [-0.39, 0.29) is 30.5 Å². The van der Waals surface area contributed by atoms with Gasteiger partial charge in [0, 0.05) is 34.9 Å². The molecule has 2 unspecified atom stereocenters. The summed E-state index contributed by atoms with van der Waals surface area (Å²) in [5, 5.41) is 4.11. The Bertz CT molecular complexity index is 1800. The normalized spacial score (nSPS) is 16.8. The van der Waals surface area contributed by atoms with Gasteiger partial charge in [0.1, 0.15) is 42.2 Å². The number of rotatable bonds is 14. The number of anilines is 2. The highest BCUT2D eigenvalue weighted by Crippen LogP contribution is 2.46. The summed E-state index contributed by atoms with van der Waals surface area (Å²) in [5.74, 6) is 1.43. The van der Waals surface area contributed by atoms with Gasteiger partial charge in [-0.05, 0) is 70.4 Å². The minimum Gasteiger partial charge on any atom is -0.496 e. The molecule has 1 N–H and O–H groups in total. The summed E-state index contributed by atoms with van der Waals surface area (Å²) in [5.41, 5.74) is 1.93. The van der Waals surface area contributed by atoms with E-state index >= 15 is 0 Å². The molecule has 2 atom stereocenters. The zero-order valence-electron chi connectivity index (χ0n) is 25.3. The summed E-state index contributed by atoms with van der Waals surface area (Å²) in [4.78, 5) is 9.02. The Hall–Kier alpha value is -3.74. The maximum absolute atomic E-state index is 13.6. The standard InChI is InChI=1S/C33H35BrFN3O6S/c1-4-31(42-14-15-45(39,40)5-2)33(12-7-13-44-33)26-18-25-28(19-30(26)41-3)36-21-37-32(25)38-24-10-11-29(27(34)17-24)43-20-22-8-6-9-23(35)16-22/h6-11,13,16-19,21,31H,4-5,12,14-15,20H2,1-3H3,(H,36,37,38). The molecule has 0 spiro atoms. The van der Waals surface area contributed by atoms with Crippen molar-refractivity contribution in [2.75, 3.05) is 30.5 Å². The van der Waals surface area contributed by atoms with Crippen LogP contribution in [0.25, 0.3) is 10.9 Å². The van der Waals surface area contributed by atoms with Crippen LogP contribution in [0, 0.1) is 5.82 Å². The number of nitrogens with zero attached hydrogens (tertiary/aromatic N) is 2. The van der Waals surface area contributed by atoms with Crippen LogP contribution < -0.4 is 14.8 Å². The number of ether oxygens (including phenoxy) is 4. The van der Waals surface area contributed by atoms with Crippen molar-refractivity contribution >= 4 is 48.2 Å². The molecule has 12 heteroatoms. The molecule has 1 aliphatic rings. The van der Waals surface area contributed by atoms with E-state index in [1.165, 1.54) is 18.5 Å². The van der Waals surface area contributed by atoms with Gasteiger partial charge < -0.3 is 24.3 Å². The van der Waals surface area contributed by atoms with E-state index in [1.807, 2.05) is 43.3 Å². The van der Waals surface area contributed by atoms with Crippen molar-refractivity contribution < 1.29 is 31.8 Å². The molecule has 0 amide bonds. The van der Waals surface area contributed by atoms with Gasteiger partial charge in [-0.25, -0.2) is 22.8 Å². The Morgan fingerprint density at radius 3 is 2.64 bits per heavy atom. The summed E-state index contributed by atoms with van der Waals surface area (Å²) >= 11 is 3.58. The Balaban J connectivity index is 1.44. The molecule has 5 rings (SSSR count). The van der Waals surface area contributed by atoms with Crippen LogP contribution in [0.5, 0.6) is 11.5 Å². The summed E-state index contributed by atoms with van der Waals surface area (Å²) in [6, 6.07) is 15.6. The van der Waals surface area contributed by atoms with Crippen LogP contribution in [-0.4, -0.2) is 49.7 Å². The van der Waals surface area contributed by atoms with Crippen LogP contribution in [0.1, 0.15) is 37.8 Å². The van der Waals surface area contributed by atoms with E-state index in [0.717, 1.165) is 22.2 Å². The molecule has 0 fully saturated rings. The Labute approximate surface area is 270 Å². The molecule has 238 valence electrons. The number of hydrogen-bond acceptors (Lipinski definition) is 9. The lowest BCUT2D eigenvalue weighted by Gasteiger charge is -2.37. The number of nitrogens with one attached hydrogen (secondary N) is 1. The molecule has 0 bridgehead atoms. The number of hydrogen-bond donors (Lipinski definition) is 1. The molecule has 0 saturated heterocycles. The van der Waals surface area contributed by atoms with E-state index in [9.17, 15) is 12.8 Å². The van der Waals surface area contributed by atoms with Crippen molar-refractivity contribution in [1.29, 1.82) is 0 Å². The lowest BCUT2D eigenvalue weighted by molar-refractivity contribution is -0.108. The van der Waals surface area contributed by atoms with Crippen LogP contribution in [0.4, 0.5) is 15.9 Å². The molecule has 1 aromatic heterocycles. The van der Waals surface area contributed by atoms with Crippen LogP contribution >= 0.6 is 15.9 Å². The summed E-state index contributed by atoms with van der Waals surface area (Å²) in [7, 11) is -1.60. The minimum absolute atomic E-state index is 0.0580. The van der Waals surface area contributed by atoms with Crippen LogP contribution in [0.2, 0.25) is 0 Å². The molecule has 1 aliphatic heterocycles. The SMILES string of the molecule is CCC(OCCS(=O)(=O)CC)C1(c2cc3c(Nc4ccc(OCc5cccc(F)c5)c(Br)c4)ncnc3cc2OC)CC=CO1. The van der Waals surface area contributed by atoms with Crippen molar-refractivity contribution in [2.45, 2.75) is 45.0 Å².